The fourth-order valence-corrected chi connectivity index (χ4v) is 5.98. The van der Waals surface area contributed by atoms with Crippen LogP contribution in [0.5, 0.6) is 0 Å². The van der Waals surface area contributed by atoms with Gasteiger partial charge in [-0.1, -0.05) is 51.8 Å². The van der Waals surface area contributed by atoms with E-state index < -0.39 is 0 Å². The molecule has 5 atom stereocenters. The minimum atomic E-state index is 0.385. The number of anilines is 1. The Hall–Kier alpha value is -0.990. The first-order chi connectivity index (χ1) is 11.2. The molecule has 0 saturated heterocycles. The summed E-state index contributed by atoms with van der Waals surface area (Å²) in [5.41, 5.74) is 4.03. The van der Waals surface area contributed by atoms with Crippen molar-refractivity contribution in [3.8, 4) is 0 Å². The molecule has 3 aliphatic rings. The smallest absolute Gasteiger partial charge is 0.0640 e. The molecule has 0 radical (unpaired) electrons. The lowest BCUT2D eigenvalue weighted by molar-refractivity contribution is 0.247. The third-order valence-corrected chi connectivity index (χ3v) is 7.14. The van der Waals surface area contributed by atoms with E-state index in [0.29, 0.717) is 17.9 Å². The maximum absolute atomic E-state index is 6.54. The molecule has 3 heteroatoms. The van der Waals surface area contributed by atoms with Gasteiger partial charge < -0.3 is 5.32 Å². The third kappa shape index (κ3) is 2.11. The van der Waals surface area contributed by atoms with Gasteiger partial charge in [-0.15, -0.1) is 0 Å². The molecule has 2 aromatic carbocycles. The Morgan fingerprint density at radius 1 is 1.00 bits per heavy atom. The quantitative estimate of drug-likeness (QED) is 0.596. The molecule has 118 valence electrons. The van der Waals surface area contributed by atoms with Crippen molar-refractivity contribution in [2.75, 3.05) is 5.32 Å². The molecule has 2 aromatic rings. The highest BCUT2D eigenvalue weighted by atomic mass is 79.9. The van der Waals surface area contributed by atoms with E-state index in [9.17, 15) is 0 Å². The summed E-state index contributed by atoms with van der Waals surface area (Å²) in [4.78, 5) is 0. The minimum Gasteiger partial charge on any atom is -0.376 e. The van der Waals surface area contributed by atoms with Gasteiger partial charge in [0, 0.05) is 4.47 Å². The van der Waals surface area contributed by atoms with Crippen molar-refractivity contribution < 1.29 is 0 Å². The summed E-state index contributed by atoms with van der Waals surface area (Å²) in [5.74, 6) is 3.10. The number of rotatable bonds is 1. The zero-order chi connectivity index (χ0) is 15.6. The largest absolute Gasteiger partial charge is 0.376 e. The lowest BCUT2D eigenvalue weighted by Gasteiger charge is -2.43. The van der Waals surface area contributed by atoms with Crippen LogP contribution in [-0.4, -0.2) is 0 Å². The molecule has 2 fully saturated rings. The number of halogens is 2. The highest BCUT2D eigenvalue weighted by Crippen LogP contribution is 2.64. The Morgan fingerprint density at radius 2 is 1.78 bits per heavy atom. The van der Waals surface area contributed by atoms with Gasteiger partial charge in [0.25, 0.3) is 0 Å². The van der Waals surface area contributed by atoms with Crippen LogP contribution >= 0.6 is 27.5 Å². The van der Waals surface area contributed by atoms with Crippen molar-refractivity contribution in [2.24, 2.45) is 17.8 Å². The summed E-state index contributed by atoms with van der Waals surface area (Å²) < 4.78 is 1.14. The summed E-state index contributed by atoms with van der Waals surface area (Å²) in [7, 11) is 0. The first kappa shape index (κ1) is 14.4. The van der Waals surface area contributed by atoms with E-state index >= 15 is 0 Å². The maximum Gasteiger partial charge on any atom is 0.0640 e. The average molecular weight is 389 g/mol. The average Bonchev–Trinajstić information content (AvgIpc) is 3.18. The summed E-state index contributed by atoms with van der Waals surface area (Å²) in [5, 5.41) is 4.68. The molecule has 1 aliphatic heterocycles. The van der Waals surface area contributed by atoms with Crippen LogP contribution in [0.1, 0.15) is 42.3 Å². The van der Waals surface area contributed by atoms with Crippen LogP contribution in [0.15, 0.2) is 46.9 Å². The Morgan fingerprint density at radius 3 is 2.61 bits per heavy atom. The number of hydrogen-bond acceptors (Lipinski definition) is 1. The zero-order valence-electron chi connectivity index (χ0n) is 12.8. The molecule has 23 heavy (non-hydrogen) atoms. The normalized spacial score (nSPS) is 33.9. The molecule has 2 bridgehead atoms. The zero-order valence-corrected chi connectivity index (χ0v) is 15.1. The maximum atomic E-state index is 6.54. The number of para-hydroxylation sites is 1. The van der Waals surface area contributed by atoms with E-state index in [0.717, 1.165) is 21.3 Å². The molecule has 2 saturated carbocycles. The molecular weight excluding hydrogens is 370 g/mol. The second-order valence-corrected chi connectivity index (χ2v) is 8.64. The fourth-order valence-electron chi connectivity index (χ4n) is 5.48. The number of fused-ring (bicyclic) bond motifs is 7. The number of hydrogen-bond donors (Lipinski definition) is 1. The molecule has 1 heterocycles. The summed E-state index contributed by atoms with van der Waals surface area (Å²) in [6.07, 6.45) is 4.19. The fraction of sp³-hybridized carbons (Fsp3) is 0.400. The minimum absolute atomic E-state index is 0.385. The molecule has 1 nitrogen and oxygen atoms in total. The molecule has 2 aliphatic carbocycles. The highest BCUT2D eigenvalue weighted by Gasteiger charge is 2.53. The SMILES string of the molecule is Clc1cccc2c1NC(c1ccc(Br)cc1)[C@@H]1[C@H]3CC[C@H](C3)[C@H]21. The van der Waals surface area contributed by atoms with Crippen LogP contribution in [0.4, 0.5) is 5.69 Å². The van der Waals surface area contributed by atoms with Crippen LogP contribution < -0.4 is 5.32 Å². The Kier molecular flexibility index (Phi) is 3.28. The Labute approximate surface area is 150 Å². The first-order valence-electron chi connectivity index (χ1n) is 8.53. The topological polar surface area (TPSA) is 12.0 Å². The lowest BCUT2D eigenvalue weighted by atomic mass is 9.68. The van der Waals surface area contributed by atoms with Gasteiger partial charge in [-0.2, -0.15) is 0 Å². The van der Waals surface area contributed by atoms with E-state index in [-0.39, 0.29) is 0 Å². The highest BCUT2D eigenvalue weighted by molar-refractivity contribution is 9.10. The van der Waals surface area contributed by atoms with Gasteiger partial charge >= 0.3 is 0 Å². The van der Waals surface area contributed by atoms with E-state index in [4.69, 9.17) is 11.6 Å². The van der Waals surface area contributed by atoms with Gasteiger partial charge in [-0.25, -0.2) is 0 Å². The lowest BCUT2D eigenvalue weighted by Crippen LogP contribution is -2.35. The first-order valence-corrected chi connectivity index (χ1v) is 9.70. The van der Waals surface area contributed by atoms with Crippen LogP contribution in [0.25, 0.3) is 0 Å². The molecule has 1 N–H and O–H groups in total. The Balaban J connectivity index is 1.65. The van der Waals surface area contributed by atoms with Crippen LogP contribution in [0, 0.1) is 17.8 Å². The standard InChI is InChI=1S/C20H19BrClN/c21-14-8-6-11(7-9-14)19-18-13-5-4-12(10-13)17(18)15-2-1-3-16(22)20(15)23-19/h1-3,6-9,12-13,17-19,23H,4-5,10H2/t12-,13+,17-,18-,19?/m1/s1. The van der Waals surface area contributed by atoms with Crippen molar-refractivity contribution in [2.45, 2.75) is 31.2 Å². The Bertz CT molecular complexity index is 757. The predicted molar refractivity (Wildman–Crippen MR) is 99.0 cm³/mol. The van der Waals surface area contributed by atoms with E-state index in [1.807, 2.05) is 6.07 Å². The van der Waals surface area contributed by atoms with Crippen molar-refractivity contribution >= 4 is 33.2 Å². The van der Waals surface area contributed by atoms with Crippen LogP contribution in [-0.2, 0) is 0 Å². The van der Waals surface area contributed by atoms with Crippen molar-refractivity contribution in [3.63, 3.8) is 0 Å². The van der Waals surface area contributed by atoms with Crippen LogP contribution in [0.3, 0.4) is 0 Å². The van der Waals surface area contributed by atoms with Crippen molar-refractivity contribution in [1.82, 2.24) is 0 Å². The van der Waals surface area contributed by atoms with Gasteiger partial charge in [0.2, 0.25) is 0 Å². The number of nitrogens with one attached hydrogen (secondary N) is 1. The van der Waals surface area contributed by atoms with Gasteiger partial charge in [-0.05, 0) is 72.3 Å². The van der Waals surface area contributed by atoms with E-state index in [1.165, 1.54) is 36.1 Å². The van der Waals surface area contributed by atoms with Gasteiger partial charge in [0.05, 0.1) is 16.8 Å². The van der Waals surface area contributed by atoms with E-state index in [2.05, 4.69) is 57.6 Å². The van der Waals surface area contributed by atoms with Crippen molar-refractivity contribution in [3.05, 3.63) is 63.1 Å². The summed E-state index contributed by atoms with van der Waals surface area (Å²) in [6.45, 7) is 0. The second-order valence-electron chi connectivity index (χ2n) is 7.31. The molecular formula is C20H19BrClN. The molecule has 0 spiro atoms. The predicted octanol–water partition coefficient (Wildman–Crippen LogP) is 6.40. The molecule has 5 rings (SSSR count). The molecule has 0 amide bonds. The van der Waals surface area contributed by atoms with Gasteiger partial charge in [0.1, 0.15) is 0 Å². The van der Waals surface area contributed by atoms with Crippen LogP contribution in [0.2, 0.25) is 5.02 Å². The van der Waals surface area contributed by atoms with E-state index in [1.54, 1.807) is 0 Å². The van der Waals surface area contributed by atoms with Gasteiger partial charge in [-0.3, -0.25) is 0 Å². The number of benzene rings is 2. The second kappa shape index (κ2) is 5.26. The summed E-state index contributed by atoms with van der Waals surface area (Å²) in [6, 6.07) is 15.6. The summed E-state index contributed by atoms with van der Waals surface area (Å²) >= 11 is 10.1. The van der Waals surface area contributed by atoms with Gasteiger partial charge in [0.15, 0.2) is 0 Å². The van der Waals surface area contributed by atoms with Crippen molar-refractivity contribution in [1.29, 1.82) is 0 Å². The third-order valence-electron chi connectivity index (χ3n) is 6.30. The monoisotopic (exact) mass is 387 g/mol. The molecule has 1 unspecified atom stereocenters. The molecule has 0 aromatic heterocycles.